The molecule has 1 aliphatic carbocycles. The summed E-state index contributed by atoms with van der Waals surface area (Å²) in [5.74, 6) is -1.46. The molecule has 1 saturated carbocycles. The second-order valence-corrected chi connectivity index (χ2v) is 9.20. The molecule has 2 aromatic rings. The summed E-state index contributed by atoms with van der Waals surface area (Å²) in [5, 5.41) is 0. The number of aromatic nitrogens is 2. The molecule has 0 bridgehead atoms. The Morgan fingerprint density at radius 3 is 2.41 bits per heavy atom. The van der Waals surface area contributed by atoms with Gasteiger partial charge in [0, 0.05) is 57.9 Å². The van der Waals surface area contributed by atoms with E-state index in [0.717, 1.165) is 55.6 Å². The van der Waals surface area contributed by atoms with E-state index in [-0.39, 0.29) is 13.1 Å². The maximum absolute atomic E-state index is 14.3. The van der Waals surface area contributed by atoms with Crippen molar-refractivity contribution in [1.29, 1.82) is 0 Å². The van der Waals surface area contributed by atoms with Crippen molar-refractivity contribution in [3.63, 3.8) is 0 Å². The maximum Gasteiger partial charge on any atom is 0.417 e. The zero-order valence-corrected chi connectivity index (χ0v) is 18.8. The van der Waals surface area contributed by atoms with Crippen LogP contribution < -0.4 is 4.90 Å². The SMILES string of the molecule is O=C(c1c(F)cccc1C(F)(F)F)N1CCc2cnc(N3CCN(C4CCC4)CC3)nc2CC1. The van der Waals surface area contributed by atoms with Crippen molar-refractivity contribution >= 4 is 11.9 Å². The third-order valence-corrected chi connectivity index (χ3v) is 7.22. The molecule has 1 aromatic heterocycles. The molecule has 0 radical (unpaired) electrons. The fraction of sp³-hybridized carbons (Fsp3) is 0.542. The molecule has 5 rings (SSSR count). The summed E-state index contributed by atoms with van der Waals surface area (Å²) in [4.78, 5) is 28.2. The molecule has 1 aromatic carbocycles. The van der Waals surface area contributed by atoms with E-state index in [1.807, 2.05) is 0 Å². The summed E-state index contributed by atoms with van der Waals surface area (Å²) < 4.78 is 54.5. The van der Waals surface area contributed by atoms with Crippen molar-refractivity contribution in [3.05, 3.63) is 52.6 Å². The molecule has 0 spiro atoms. The van der Waals surface area contributed by atoms with Gasteiger partial charge < -0.3 is 9.80 Å². The number of carbonyl (C=O) groups excluding carboxylic acids is 1. The van der Waals surface area contributed by atoms with Crippen LogP contribution in [0, 0.1) is 5.82 Å². The van der Waals surface area contributed by atoms with Gasteiger partial charge in [-0.3, -0.25) is 9.69 Å². The number of carbonyl (C=O) groups is 1. The average molecular weight is 478 g/mol. The zero-order chi connectivity index (χ0) is 23.9. The van der Waals surface area contributed by atoms with Crippen molar-refractivity contribution < 1.29 is 22.4 Å². The van der Waals surface area contributed by atoms with Crippen LogP contribution in [-0.4, -0.2) is 71.0 Å². The van der Waals surface area contributed by atoms with Crippen LogP contribution in [0.4, 0.5) is 23.5 Å². The lowest BCUT2D eigenvalue weighted by atomic mass is 9.91. The van der Waals surface area contributed by atoms with Gasteiger partial charge in [0.05, 0.1) is 16.8 Å². The van der Waals surface area contributed by atoms with E-state index < -0.39 is 29.0 Å². The maximum atomic E-state index is 14.3. The van der Waals surface area contributed by atoms with Crippen LogP contribution in [0.5, 0.6) is 0 Å². The van der Waals surface area contributed by atoms with E-state index in [2.05, 4.69) is 14.8 Å². The molecule has 3 aliphatic rings. The van der Waals surface area contributed by atoms with Gasteiger partial charge in [-0.25, -0.2) is 14.4 Å². The highest BCUT2D eigenvalue weighted by atomic mass is 19.4. The molecule has 0 unspecified atom stereocenters. The number of alkyl halides is 3. The number of halogens is 4. The van der Waals surface area contributed by atoms with Crippen molar-refractivity contribution in [2.75, 3.05) is 44.2 Å². The van der Waals surface area contributed by atoms with Gasteiger partial charge in [0.15, 0.2) is 0 Å². The summed E-state index contributed by atoms with van der Waals surface area (Å²) in [6, 6.07) is 3.31. The molecule has 182 valence electrons. The third kappa shape index (κ3) is 4.47. The average Bonchev–Trinajstić information content (AvgIpc) is 2.99. The summed E-state index contributed by atoms with van der Waals surface area (Å²) in [5.41, 5.74) is -0.498. The molecule has 0 atom stereocenters. The molecule has 1 amide bonds. The molecule has 34 heavy (non-hydrogen) atoms. The number of nitrogens with zero attached hydrogens (tertiary/aromatic N) is 5. The lowest BCUT2D eigenvalue weighted by Gasteiger charge is -2.43. The summed E-state index contributed by atoms with van der Waals surface area (Å²) >= 11 is 0. The van der Waals surface area contributed by atoms with Crippen molar-refractivity contribution in [2.24, 2.45) is 0 Å². The second kappa shape index (κ2) is 9.13. The molecular weight excluding hydrogens is 450 g/mol. The minimum atomic E-state index is -4.81. The first kappa shape index (κ1) is 23.0. The molecule has 6 nitrogen and oxygen atoms in total. The van der Waals surface area contributed by atoms with Crippen molar-refractivity contribution in [3.8, 4) is 0 Å². The number of anilines is 1. The van der Waals surface area contributed by atoms with Crippen molar-refractivity contribution in [2.45, 2.75) is 44.3 Å². The Bertz CT molecular complexity index is 1060. The number of hydrogen-bond donors (Lipinski definition) is 0. The molecule has 2 aliphatic heterocycles. The number of fused-ring (bicyclic) bond motifs is 1. The zero-order valence-electron chi connectivity index (χ0n) is 18.8. The predicted octanol–water partition coefficient (Wildman–Crippen LogP) is 3.55. The Balaban J connectivity index is 1.28. The Morgan fingerprint density at radius 1 is 1.00 bits per heavy atom. The first-order valence-corrected chi connectivity index (χ1v) is 11.8. The summed E-state index contributed by atoms with van der Waals surface area (Å²) in [6.07, 6.45) is 1.61. The van der Waals surface area contributed by atoms with Crippen LogP contribution in [0.15, 0.2) is 24.4 Å². The van der Waals surface area contributed by atoms with E-state index >= 15 is 0 Å². The van der Waals surface area contributed by atoms with Gasteiger partial charge in [0.25, 0.3) is 5.91 Å². The van der Waals surface area contributed by atoms with E-state index in [1.54, 1.807) is 6.20 Å². The smallest absolute Gasteiger partial charge is 0.338 e. The van der Waals surface area contributed by atoms with Crippen LogP contribution >= 0.6 is 0 Å². The molecule has 0 N–H and O–H groups in total. The van der Waals surface area contributed by atoms with Crippen LogP contribution in [0.25, 0.3) is 0 Å². The normalized spacial score (nSPS) is 20.0. The van der Waals surface area contributed by atoms with Crippen LogP contribution in [0.3, 0.4) is 0 Å². The lowest BCUT2D eigenvalue weighted by molar-refractivity contribution is -0.138. The largest absolute Gasteiger partial charge is 0.417 e. The van der Waals surface area contributed by atoms with E-state index in [4.69, 9.17) is 4.98 Å². The molecule has 3 heterocycles. The second-order valence-electron chi connectivity index (χ2n) is 9.20. The fourth-order valence-corrected chi connectivity index (χ4v) is 5.00. The van der Waals surface area contributed by atoms with Gasteiger partial charge in [0.1, 0.15) is 5.82 Å². The Hall–Kier alpha value is -2.75. The van der Waals surface area contributed by atoms with E-state index in [9.17, 15) is 22.4 Å². The predicted molar refractivity (Wildman–Crippen MR) is 118 cm³/mol. The number of hydrogen-bond acceptors (Lipinski definition) is 5. The van der Waals surface area contributed by atoms with Crippen LogP contribution in [-0.2, 0) is 19.0 Å². The molecule has 2 fully saturated rings. The number of rotatable bonds is 3. The first-order valence-electron chi connectivity index (χ1n) is 11.8. The number of benzene rings is 1. The van der Waals surface area contributed by atoms with Crippen LogP contribution in [0.2, 0.25) is 0 Å². The quantitative estimate of drug-likeness (QED) is 0.633. The van der Waals surface area contributed by atoms with Gasteiger partial charge in [0.2, 0.25) is 5.95 Å². The third-order valence-electron chi connectivity index (χ3n) is 7.22. The topological polar surface area (TPSA) is 52.6 Å². The molecule has 1 saturated heterocycles. The highest BCUT2D eigenvalue weighted by molar-refractivity contribution is 5.96. The first-order chi connectivity index (χ1) is 16.3. The summed E-state index contributed by atoms with van der Waals surface area (Å²) in [6.45, 7) is 4.03. The monoisotopic (exact) mass is 477 g/mol. The lowest BCUT2D eigenvalue weighted by Crippen LogP contribution is -2.52. The van der Waals surface area contributed by atoms with Gasteiger partial charge in [-0.1, -0.05) is 12.5 Å². The summed E-state index contributed by atoms with van der Waals surface area (Å²) in [7, 11) is 0. The Morgan fingerprint density at radius 2 is 1.74 bits per heavy atom. The standard InChI is InChI=1S/C24H27F4N5O/c25-19-6-2-5-18(24(26,27)28)21(19)22(34)32-9-7-16-15-29-23(30-20(16)8-10-32)33-13-11-31(12-14-33)17-3-1-4-17/h2,5-6,15,17H,1,3-4,7-14H2. The van der Waals surface area contributed by atoms with E-state index in [1.165, 1.54) is 24.2 Å². The number of piperazine rings is 1. The highest BCUT2D eigenvalue weighted by Gasteiger charge is 2.38. The van der Waals surface area contributed by atoms with Crippen LogP contribution in [0.1, 0.15) is 46.4 Å². The molecular formula is C24H27F4N5O. The van der Waals surface area contributed by atoms with Gasteiger partial charge in [-0.15, -0.1) is 0 Å². The highest BCUT2D eigenvalue weighted by Crippen LogP contribution is 2.34. The number of amides is 1. The van der Waals surface area contributed by atoms with Gasteiger partial charge in [-0.05, 0) is 37.0 Å². The minimum Gasteiger partial charge on any atom is -0.338 e. The minimum absolute atomic E-state index is 0.170. The Labute approximate surface area is 195 Å². The van der Waals surface area contributed by atoms with E-state index in [0.29, 0.717) is 24.8 Å². The fourth-order valence-electron chi connectivity index (χ4n) is 5.00. The van der Waals surface area contributed by atoms with Crippen molar-refractivity contribution in [1.82, 2.24) is 19.8 Å². The molecule has 10 heteroatoms. The van der Waals surface area contributed by atoms with Gasteiger partial charge in [-0.2, -0.15) is 13.2 Å². The van der Waals surface area contributed by atoms with Gasteiger partial charge >= 0.3 is 6.18 Å². The Kier molecular flexibility index (Phi) is 6.18.